The van der Waals surface area contributed by atoms with Gasteiger partial charge in [-0.25, -0.2) is 4.39 Å². The molecule has 0 saturated heterocycles. The second-order valence-electron chi connectivity index (χ2n) is 1.42. The molecule has 8 heavy (non-hydrogen) atoms. The summed E-state index contributed by atoms with van der Waals surface area (Å²) in [4.78, 5) is 0. The van der Waals surface area contributed by atoms with Gasteiger partial charge in [-0.15, -0.1) is 0 Å². The average Bonchev–Trinajstić information content (AvgIpc) is 1.68. The molecule has 0 aliphatic heterocycles. The fraction of sp³-hybridized carbons (Fsp3) is 0.600. The maximum atomic E-state index is 11.2. The summed E-state index contributed by atoms with van der Waals surface area (Å²) >= 11 is 0. The Morgan fingerprint density at radius 3 is 2.75 bits per heavy atom. The lowest BCUT2D eigenvalue weighted by molar-refractivity contribution is 0.591. The topological polar surface area (TPSA) is 17.1 Å². The van der Waals surface area contributed by atoms with Crippen LogP contribution in [0.4, 0.5) is 4.39 Å². The van der Waals surface area contributed by atoms with Crippen molar-refractivity contribution in [3.8, 4) is 0 Å². The highest BCUT2D eigenvalue weighted by Gasteiger charge is 2.05. The molecule has 0 fully saturated rings. The first-order valence-electron chi connectivity index (χ1n) is 2.52. The molecule has 0 aliphatic carbocycles. The highest BCUT2D eigenvalue weighted by Crippen LogP contribution is 2.22. The monoisotopic (exact) mass is 135 g/mol. The van der Waals surface area contributed by atoms with Crippen LogP contribution < -0.4 is 0 Å². The van der Waals surface area contributed by atoms with E-state index in [9.17, 15) is 8.96 Å². The van der Waals surface area contributed by atoms with Crippen LogP contribution in [0.1, 0.15) is 13.3 Å². The predicted molar refractivity (Wildman–Crippen MR) is 33.0 cm³/mol. The van der Waals surface area contributed by atoms with Crippen LogP contribution in [0, 0.1) is 0 Å². The Kier molecular flexibility index (Phi) is 4.78. The zero-order chi connectivity index (χ0) is 6.41. The van der Waals surface area contributed by atoms with Crippen LogP contribution in [-0.2, 0) is 4.57 Å². The summed E-state index contributed by atoms with van der Waals surface area (Å²) in [6, 6.07) is 0. The van der Waals surface area contributed by atoms with E-state index < -0.39 is 7.80 Å². The van der Waals surface area contributed by atoms with E-state index in [0.717, 1.165) is 12.2 Å². The van der Waals surface area contributed by atoms with Gasteiger partial charge in [0, 0.05) is 0 Å². The normalized spacial score (nSPS) is 12.5. The Morgan fingerprint density at radius 1 is 1.75 bits per heavy atom. The Labute approximate surface area is 49.4 Å². The molecule has 0 heterocycles. The zero-order valence-corrected chi connectivity index (χ0v) is 5.70. The first-order chi connectivity index (χ1) is 3.81. The third kappa shape index (κ3) is 3.94. The standard InChI is InChI=1S/C5H9FOP/c1-2-4-8(7)5-3-6/h3,5H,2,4H2,1H3/q+1. The number of hydrogen-bond donors (Lipinski definition) is 0. The Balaban J connectivity index is 3.33. The minimum absolute atomic E-state index is 0.342. The molecule has 1 atom stereocenters. The molecule has 0 spiro atoms. The fourth-order valence-electron chi connectivity index (χ4n) is 0.358. The van der Waals surface area contributed by atoms with Crippen molar-refractivity contribution in [3.63, 3.8) is 0 Å². The van der Waals surface area contributed by atoms with Crippen LogP contribution in [0.2, 0.25) is 0 Å². The van der Waals surface area contributed by atoms with Gasteiger partial charge < -0.3 is 0 Å². The molecular formula is C5H9FOP+. The molecule has 1 unspecified atom stereocenters. The summed E-state index contributed by atoms with van der Waals surface area (Å²) in [6.07, 6.45) is 1.78. The summed E-state index contributed by atoms with van der Waals surface area (Å²) in [7, 11) is -1.39. The lowest BCUT2D eigenvalue weighted by Crippen LogP contribution is -1.66. The molecule has 0 N–H and O–H groups in total. The molecule has 0 aromatic carbocycles. The Bertz CT molecular complexity index is 101. The minimum Gasteiger partial charge on any atom is -0.211 e. The van der Waals surface area contributed by atoms with Gasteiger partial charge in [-0.3, -0.25) is 0 Å². The van der Waals surface area contributed by atoms with E-state index in [2.05, 4.69) is 0 Å². The van der Waals surface area contributed by atoms with Crippen molar-refractivity contribution in [1.29, 1.82) is 0 Å². The van der Waals surface area contributed by atoms with Crippen molar-refractivity contribution in [2.75, 3.05) is 6.16 Å². The highest BCUT2D eigenvalue weighted by molar-refractivity contribution is 7.48. The van der Waals surface area contributed by atoms with Gasteiger partial charge in [0.05, 0.1) is 0 Å². The molecule has 0 amide bonds. The Morgan fingerprint density at radius 2 is 2.38 bits per heavy atom. The molecule has 1 nitrogen and oxygen atoms in total. The highest BCUT2D eigenvalue weighted by atomic mass is 31.1. The molecule has 3 heteroatoms. The quantitative estimate of drug-likeness (QED) is 0.543. The smallest absolute Gasteiger partial charge is 0.211 e. The van der Waals surface area contributed by atoms with Crippen molar-refractivity contribution < 1.29 is 8.96 Å². The third-order valence-corrected chi connectivity index (χ3v) is 2.00. The third-order valence-electron chi connectivity index (χ3n) is 0.667. The average molecular weight is 135 g/mol. The lowest BCUT2D eigenvalue weighted by Gasteiger charge is -1.70. The molecular weight excluding hydrogens is 126 g/mol. The largest absolute Gasteiger partial charge is 0.371 e. The van der Waals surface area contributed by atoms with E-state index in [1.54, 1.807) is 0 Å². The van der Waals surface area contributed by atoms with Gasteiger partial charge >= 0.3 is 7.80 Å². The SMILES string of the molecule is CCC[P+](=O)C=CF. The molecule has 0 bridgehead atoms. The number of halogens is 1. The Hall–Kier alpha value is -0.230. The second kappa shape index (κ2) is 4.92. The van der Waals surface area contributed by atoms with E-state index in [1.165, 1.54) is 0 Å². The first-order valence-corrected chi connectivity index (χ1v) is 4.03. The summed E-state index contributed by atoms with van der Waals surface area (Å²) in [6.45, 7) is 1.92. The summed E-state index contributed by atoms with van der Waals surface area (Å²) < 4.78 is 21.7. The van der Waals surface area contributed by atoms with Crippen LogP contribution in [0.3, 0.4) is 0 Å². The minimum atomic E-state index is -1.39. The van der Waals surface area contributed by atoms with E-state index in [4.69, 9.17) is 0 Å². The van der Waals surface area contributed by atoms with Crippen molar-refractivity contribution in [2.24, 2.45) is 0 Å². The summed E-state index contributed by atoms with van der Waals surface area (Å²) in [5.41, 5.74) is 0. The fourth-order valence-corrected chi connectivity index (χ4v) is 1.07. The second-order valence-corrected chi connectivity index (χ2v) is 3.00. The van der Waals surface area contributed by atoms with Crippen molar-refractivity contribution >= 4 is 7.80 Å². The predicted octanol–water partition coefficient (Wildman–Crippen LogP) is 2.66. The van der Waals surface area contributed by atoms with Gasteiger partial charge in [0.25, 0.3) is 0 Å². The van der Waals surface area contributed by atoms with E-state index in [1.807, 2.05) is 6.92 Å². The van der Waals surface area contributed by atoms with Gasteiger partial charge in [-0.05, 0) is 6.42 Å². The molecule has 46 valence electrons. The van der Waals surface area contributed by atoms with Crippen LogP contribution in [0.15, 0.2) is 12.1 Å². The number of rotatable bonds is 3. The molecule has 0 aliphatic rings. The zero-order valence-electron chi connectivity index (χ0n) is 4.80. The van der Waals surface area contributed by atoms with Gasteiger partial charge in [0.2, 0.25) is 0 Å². The maximum absolute atomic E-state index is 11.2. The molecule has 0 rings (SSSR count). The van der Waals surface area contributed by atoms with E-state index in [0.29, 0.717) is 12.5 Å². The van der Waals surface area contributed by atoms with Crippen molar-refractivity contribution in [1.82, 2.24) is 0 Å². The summed E-state index contributed by atoms with van der Waals surface area (Å²) in [5.74, 6) is 1.10. The van der Waals surface area contributed by atoms with Gasteiger partial charge in [0.1, 0.15) is 6.33 Å². The van der Waals surface area contributed by atoms with Crippen molar-refractivity contribution in [3.05, 3.63) is 12.1 Å². The molecule has 0 radical (unpaired) electrons. The maximum Gasteiger partial charge on any atom is 0.371 e. The van der Waals surface area contributed by atoms with Crippen LogP contribution in [0.25, 0.3) is 0 Å². The van der Waals surface area contributed by atoms with Gasteiger partial charge in [-0.1, -0.05) is 11.5 Å². The van der Waals surface area contributed by atoms with Crippen LogP contribution in [-0.4, -0.2) is 6.16 Å². The van der Waals surface area contributed by atoms with Gasteiger partial charge in [-0.2, -0.15) is 0 Å². The molecule has 0 aromatic heterocycles. The van der Waals surface area contributed by atoms with Crippen LogP contribution >= 0.6 is 7.80 Å². The first kappa shape index (κ1) is 7.77. The number of hydrogen-bond acceptors (Lipinski definition) is 1. The van der Waals surface area contributed by atoms with Crippen molar-refractivity contribution in [2.45, 2.75) is 13.3 Å². The van der Waals surface area contributed by atoms with E-state index >= 15 is 0 Å². The van der Waals surface area contributed by atoms with E-state index in [-0.39, 0.29) is 0 Å². The van der Waals surface area contributed by atoms with Crippen LogP contribution in [0.5, 0.6) is 0 Å². The van der Waals surface area contributed by atoms with Gasteiger partial charge in [0.15, 0.2) is 12.0 Å². The summed E-state index contributed by atoms with van der Waals surface area (Å²) in [5, 5.41) is 0. The lowest BCUT2D eigenvalue weighted by atomic mass is 10.6. The molecule has 0 aromatic rings. The molecule has 0 saturated carbocycles.